The third kappa shape index (κ3) is 3.48. The highest BCUT2D eigenvalue weighted by Crippen LogP contribution is 2.17. The summed E-state index contributed by atoms with van der Waals surface area (Å²) in [6, 6.07) is 3.23. The lowest BCUT2D eigenvalue weighted by Crippen LogP contribution is -2.38. The van der Waals surface area contributed by atoms with Gasteiger partial charge in [-0.1, -0.05) is 0 Å². The number of nitrogens with zero attached hydrogens (tertiary/aromatic N) is 1. The Morgan fingerprint density at radius 3 is 2.89 bits per heavy atom. The lowest BCUT2D eigenvalue weighted by atomic mass is 10.2. The summed E-state index contributed by atoms with van der Waals surface area (Å²) in [5.74, 6) is -2.24. The minimum absolute atomic E-state index is 0.00991. The van der Waals surface area contributed by atoms with Gasteiger partial charge in [0.1, 0.15) is 0 Å². The van der Waals surface area contributed by atoms with Crippen LogP contribution < -0.4 is 5.32 Å². The largest absolute Gasteiger partial charge is 0.395 e. The first-order chi connectivity index (χ1) is 9.10. The number of benzene rings is 1. The van der Waals surface area contributed by atoms with Crippen molar-refractivity contribution in [1.29, 1.82) is 0 Å². The minimum Gasteiger partial charge on any atom is -0.395 e. The van der Waals surface area contributed by atoms with Gasteiger partial charge in [0.15, 0.2) is 11.6 Å². The van der Waals surface area contributed by atoms with Crippen molar-refractivity contribution < 1.29 is 18.7 Å². The van der Waals surface area contributed by atoms with Crippen molar-refractivity contribution >= 4 is 11.6 Å². The molecule has 0 spiro atoms. The lowest BCUT2D eigenvalue weighted by Gasteiger charge is -2.21. The first kappa shape index (κ1) is 13.9. The molecule has 1 aromatic rings. The van der Waals surface area contributed by atoms with Crippen LogP contribution >= 0.6 is 0 Å². The highest BCUT2D eigenvalue weighted by Gasteiger charge is 2.25. The molecule has 1 saturated heterocycles. The number of anilines is 1. The Kier molecular flexibility index (Phi) is 4.44. The molecule has 2 N–H and O–H groups in total. The van der Waals surface area contributed by atoms with E-state index < -0.39 is 11.6 Å². The van der Waals surface area contributed by atoms with E-state index in [9.17, 15) is 13.6 Å². The van der Waals surface area contributed by atoms with Crippen molar-refractivity contribution in [2.24, 2.45) is 0 Å². The molecule has 1 fully saturated rings. The predicted octanol–water partition coefficient (Wildman–Crippen LogP) is 1.36. The van der Waals surface area contributed by atoms with Crippen molar-refractivity contribution in [2.45, 2.75) is 18.9 Å². The van der Waals surface area contributed by atoms with Crippen LogP contribution in [0.25, 0.3) is 0 Å². The first-order valence-corrected chi connectivity index (χ1v) is 6.20. The molecule has 1 aromatic carbocycles. The monoisotopic (exact) mass is 270 g/mol. The normalized spacial score (nSPS) is 19.6. The van der Waals surface area contributed by atoms with Crippen molar-refractivity contribution in [3.8, 4) is 0 Å². The van der Waals surface area contributed by atoms with E-state index >= 15 is 0 Å². The molecule has 0 bridgehead atoms. The summed E-state index contributed by atoms with van der Waals surface area (Å²) in [5.41, 5.74) is 0.226. The molecular weight excluding hydrogens is 254 g/mol. The van der Waals surface area contributed by atoms with Gasteiger partial charge < -0.3 is 10.4 Å². The summed E-state index contributed by atoms with van der Waals surface area (Å²) in [6.45, 7) is 0.930. The summed E-state index contributed by atoms with van der Waals surface area (Å²) in [7, 11) is 0. The van der Waals surface area contributed by atoms with E-state index in [-0.39, 0.29) is 30.8 Å². The topological polar surface area (TPSA) is 52.6 Å². The van der Waals surface area contributed by atoms with E-state index in [4.69, 9.17) is 5.11 Å². The molecule has 1 atom stereocenters. The Labute approximate surface area is 110 Å². The van der Waals surface area contributed by atoms with E-state index in [1.165, 1.54) is 6.07 Å². The predicted molar refractivity (Wildman–Crippen MR) is 66.7 cm³/mol. The smallest absolute Gasteiger partial charge is 0.238 e. The first-order valence-electron chi connectivity index (χ1n) is 6.20. The second-order valence-corrected chi connectivity index (χ2v) is 4.63. The maximum Gasteiger partial charge on any atom is 0.238 e. The zero-order valence-corrected chi connectivity index (χ0v) is 10.4. The van der Waals surface area contributed by atoms with E-state index in [2.05, 4.69) is 5.32 Å². The molecule has 0 saturated carbocycles. The van der Waals surface area contributed by atoms with Crippen LogP contribution in [0.5, 0.6) is 0 Å². The van der Waals surface area contributed by atoms with Crippen LogP contribution in [-0.4, -0.2) is 41.7 Å². The van der Waals surface area contributed by atoms with Gasteiger partial charge in [-0.2, -0.15) is 0 Å². The van der Waals surface area contributed by atoms with Gasteiger partial charge in [0.2, 0.25) is 5.91 Å². The second-order valence-electron chi connectivity index (χ2n) is 4.63. The molecule has 0 aliphatic carbocycles. The number of aliphatic hydroxyl groups is 1. The molecule has 19 heavy (non-hydrogen) atoms. The third-order valence-electron chi connectivity index (χ3n) is 3.26. The van der Waals surface area contributed by atoms with Crippen LogP contribution in [0.4, 0.5) is 14.5 Å². The van der Waals surface area contributed by atoms with Crippen LogP contribution in [0, 0.1) is 11.6 Å². The van der Waals surface area contributed by atoms with Gasteiger partial charge in [0.05, 0.1) is 13.2 Å². The number of hydrogen-bond acceptors (Lipinski definition) is 3. The average Bonchev–Trinajstić information content (AvgIpc) is 2.81. The lowest BCUT2D eigenvalue weighted by molar-refractivity contribution is -0.117. The number of nitrogens with one attached hydrogen (secondary N) is 1. The van der Waals surface area contributed by atoms with Crippen LogP contribution in [0.1, 0.15) is 12.8 Å². The highest BCUT2D eigenvalue weighted by molar-refractivity contribution is 5.92. The van der Waals surface area contributed by atoms with Gasteiger partial charge in [0, 0.05) is 17.8 Å². The molecule has 1 heterocycles. The zero-order valence-electron chi connectivity index (χ0n) is 10.4. The van der Waals surface area contributed by atoms with Crippen molar-refractivity contribution in [2.75, 3.05) is 25.0 Å². The SMILES string of the molecule is O=C(CN1CCCC1CO)Nc1ccc(F)c(F)c1. The fourth-order valence-corrected chi connectivity index (χ4v) is 2.27. The summed E-state index contributed by atoms with van der Waals surface area (Å²) in [5, 5.41) is 11.7. The molecule has 2 rings (SSSR count). The van der Waals surface area contributed by atoms with Crippen LogP contribution in [0.2, 0.25) is 0 Å². The third-order valence-corrected chi connectivity index (χ3v) is 3.26. The minimum atomic E-state index is -0.993. The Morgan fingerprint density at radius 1 is 1.42 bits per heavy atom. The molecule has 6 heteroatoms. The fourth-order valence-electron chi connectivity index (χ4n) is 2.27. The number of likely N-dealkylation sites (tertiary alicyclic amines) is 1. The number of rotatable bonds is 4. The molecule has 1 aliphatic rings. The van der Waals surface area contributed by atoms with Crippen LogP contribution in [0.3, 0.4) is 0 Å². The van der Waals surface area contributed by atoms with Crippen LogP contribution in [0.15, 0.2) is 18.2 Å². The number of halogens is 2. The quantitative estimate of drug-likeness (QED) is 0.868. The van der Waals surface area contributed by atoms with Crippen LogP contribution in [-0.2, 0) is 4.79 Å². The maximum atomic E-state index is 13.0. The number of aliphatic hydroxyl groups excluding tert-OH is 1. The van der Waals surface area contributed by atoms with Gasteiger partial charge in [-0.05, 0) is 31.5 Å². The van der Waals surface area contributed by atoms with Gasteiger partial charge >= 0.3 is 0 Å². The summed E-state index contributed by atoms with van der Waals surface area (Å²) < 4.78 is 25.7. The Hall–Kier alpha value is -1.53. The van der Waals surface area contributed by atoms with Gasteiger partial charge in [-0.25, -0.2) is 8.78 Å². The molecule has 4 nitrogen and oxygen atoms in total. The molecule has 0 radical (unpaired) electrons. The number of hydrogen-bond donors (Lipinski definition) is 2. The van der Waals surface area contributed by atoms with E-state index in [1.54, 1.807) is 0 Å². The number of carbonyl (C=O) groups is 1. The number of carbonyl (C=O) groups excluding carboxylic acids is 1. The van der Waals surface area contributed by atoms with Crippen molar-refractivity contribution in [3.63, 3.8) is 0 Å². The second kappa shape index (κ2) is 6.08. The zero-order chi connectivity index (χ0) is 13.8. The summed E-state index contributed by atoms with van der Waals surface area (Å²) in [6.07, 6.45) is 1.82. The molecule has 1 unspecified atom stereocenters. The van der Waals surface area contributed by atoms with Gasteiger partial charge in [-0.15, -0.1) is 0 Å². The molecule has 0 aromatic heterocycles. The van der Waals surface area contributed by atoms with Gasteiger partial charge in [0.25, 0.3) is 0 Å². The summed E-state index contributed by atoms with van der Waals surface area (Å²) in [4.78, 5) is 13.7. The Balaban J connectivity index is 1.92. The van der Waals surface area contributed by atoms with E-state index in [1.807, 2.05) is 4.90 Å². The van der Waals surface area contributed by atoms with Gasteiger partial charge in [-0.3, -0.25) is 9.69 Å². The highest BCUT2D eigenvalue weighted by atomic mass is 19.2. The van der Waals surface area contributed by atoms with Crippen molar-refractivity contribution in [1.82, 2.24) is 4.90 Å². The molecule has 104 valence electrons. The van der Waals surface area contributed by atoms with E-state index in [0.717, 1.165) is 31.5 Å². The molecular formula is C13H16F2N2O2. The summed E-state index contributed by atoms with van der Waals surface area (Å²) >= 11 is 0. The maximum absolute atomic E-state index is 13.0. The average molecular weight is 270 g/mol. The number of amides is 1. The van der Waals surface area contributed by atoms with Crippen molar-refractivity contribution in [3.05, 3.63) is 29.8 Å². The molecule has 1 amide bonds. The Bertz CT molecular complexity index is 468. The van der Waals surface area contributed by atoms with E-state index in [0.29, 0.717) is 0 Å². The Morgan fingerprint density at radius 2 is 2.21 bits per heavy atom. The standard InChI is InChI=1S/C13H16F2N2O2/c14-11-4-3-9(6-12(11)15)16-13(19)7-17-5-1-2-10(17)8-18/h3-4,6,10,18H,1-2,5,7-8H2,(H,16,19). The fraction of sp³-hybridized carbons (Fsp3) is 0.462. The molecule has 1 aliphatic heterocycles.